The smallest absolute Gasteiger partial charge is 0.248 e. The van der Waals surface area contributed by atoms with Gasteiger partial charge in [0.15, 0.2) is 0 Å². The van der Waals surface area contributed by atoms with Crippen LogP contribution in [-0.4, -0.2) is 4.57 Å². The van der Waals surface area contributed by atoms with Crippen molar-refractivity contribution in [1.29, 1.82) is 0 Å². The van der Waals surface area contributed by atoms with E-state index in [4.69, 9.17) is 0 Å². The summed E-state index contributed by atoms with van der Waals surface area (Å²) in [5.74, 6) is 0. The number of rotatable bonds is 7. The summed E-state index contributed by atoms with van der Waals surface area (Å²) >= 11 is 0. The maximum atomic E-state index is 3.71. The lowest BCUT2D eigenvalue weighted by molar-refractivity contribution is -0.696. The molecule has 86 valence electrons. The second-order valence-corrected chi connectivity index (χ2v) is 3.70. The molecule has 0 saturated heterocycles. The number of unbranched alkanes of at least 4 members (excludes halogenated alkanes) is 4. The van der Waals surface area contributed by atoms with Crippen molar-refractivity contribution >= 4 is 6.20 Å². The molecule has 0 aliphatic rings. The van der Waals surface area contributed by atoms with Crippen LogP contribution >= 0.6 is 0 Å². The largest absolute Gasteiger partial charge is 1.00 e. The van der Waals surface area contributed by atoms with Crippen LogP contribution in [0.15, 0.2) is 25.3 Å². The van der Waals surface area contributed by atoms with Gasteiger partial charge in [0.1, 0.15) is 12.4 Å². The van der Waals surface area contributed by atoms with Crippen LogP contribution in [0.1, 0.15) is 39.0 Å². The van der Waals surface area contributed by atoms with E-state index in [0.29, 0.717) is 0 Å². The van der Waals surface area contributed by atoms with Gasteiger partial charge in [0.25, 0.3) is 0 Å². The molecule has 0 aromatic carbocycles. The van der Waals surface area contributed by atoms with Crippen molar-refractivity contribution in [3.05, 3.63) is 25.3 Å². The standard InChI is InChI=1S/C12H21N2.HI/c1-3-5-6-7-8-9-14-11-10-13(4-2)12-14;/h4,10-12H,2-3,5-9H2,1H3;1H/q+1;/p-1. The van der Waals surface area contributed by atoms with Gasteiger partial charge >= 0.3 is 0 Å². The molecule has 1 aromatic rings. The van der Waals surface area contributed by atoms with Gasteiger partial charge in [-0.05, 0) is 12.8 Å². The Morgan fingerprint density at radius 3 is 2.60 bits per heavy atom. The van der Waals surface area contributed by atoms with E-state index in [1.165, 1.54) is 32.1 Å². The summed E-state index contributed by atoms with van der Waals surface area (Å²) < 4.78 is 4.19. The first-order valence-electron chi connectivity index (χ1n) is 5.56. The Morgan fingerprint density at radius 1 is 1.27 bits per heavy atom. The fraction of sp³-hybridized carbons (Fsp3) is 0.583. The highest BCUT2D eigenvalue weighted by Gasteiger charge is 1.99. The quantitative estimate of drug-likeness (QED) is 0.375. The number of imidazole rings is 1. The monoisotopic (exact) mass is 320 g/mol. The normalized spacial score (nSPS) is 9.67. The predicted octanol–water partition coefficient (Wildman–Crippen LogP) is -0.149. The molecule has 0 radical (unpaired) electrons. The first-order chi connectivity index (χ1) is 6.86. The van der Waals surface area contributed by atoms with E-state index in [2.05, 4.69) is 30.6 Å². The zero-order valence-corrected chi connectivity index (χ0v) is 11.7. The van der Waals surface area contributed by atoms with Crippen LogP contribution in [0, 0.1) is 0 Å². The van der Waals surface area contributed by atoms with Crippen molar-refractivity contribution in [2.24, 2.45) is 0 Å². The Kier molecular flexibility index (Phi) is 8.76. The van der Waals surface area contributed by atoms with E-state index in [1.807, 2.05) is 17.0 Å². The average molecular weight is 320 g/mol. The lowest BCUT2D eigenvalue weighted by Crippen LogP contribution is -3.00. The highest BCUT2D eigenvalue weighted by molar-refractivity contribution is 5.12. The van der Waals surface area contributed by atoms with Crippen molar-refractivity contribution in [3.63, 3.8) is 0 Å². The molecule has 0 N–H and O–H groups in total. The van der Waals surface area contributed by atoms with E-state index in [-0.39, 0.29) is 24.0 Å². The van der Waals surface area contributed by atoms with E-state index >= 15 is 0 Å². The first kappa shape index (κ1) is 14.7. The van der Waals surface area contributed by atoms with Gasteiger partial charge in [-0.15, -0.1) is 0 Å². The SMILES string of the molecule is C=Cn1cc[n+](CCCCCCC)c1.[I-]. The molecular weight excluding hydrogens is 299 g/mol. The third kappa shape index (κ3) is 5.97. The predicted molar refractivity (Wildman–Crippen MR) is 59.8 cm³/mol. The number of aromatic nitrogens is 2. The molecule has 1 heterocycles. The average Bonchev–Trinajstić information content (AvgIpc) is 2.65. The number of hydrogen-bond donors (Lipinski definition) is 0. The van der Waals surface area contributed by atoms with Crippen LogP contribution < -0.4 is 28.5 Å². The zero-order valence-electron chi connectivity index (χ0n) is 9.53. The summed E-state index contributed by atoms with van der Waals surface area (Å²) in [6.45, 7) is 7.09. The molecule has 1 rings (SSSR count). The zero-order chi connectivity index (χ0) is 10.2. The number of aryl methyl sites for hydroxylation is 1. The molecule has 0 fully saturated rings. The van der Waals surface area contributed by atoms with Crippen LogP contribution in [0.3, 0.4) is 0 Å². The number of nitrogens with zero attached hydrogens (tertiary/aromatic N) is 2. The molecule has 0 amide bonds. The molecule has 0 atom stereocenters. The van der Waals surface area contributed by atoms with Crippen LogP contribution in [0.25, 0.3) is 6.20 Å². The Hall–Kier alpha value is -0.320. The Labute approximate surface area is 110 Å². The summed E-state index contributed by atoms with van der Waals surface area (Å²) in [6.07, 6.45) is 14.7. The lowest BCUT2D eigenvalue weighted by atomic mass is 10.1. The van der Waals surface area contributed by atoms with Crippen LogP contribution in [0.5, 0.6) is 0 Å². The topological polar surface area (TPSA) is 8.81 Å². The molecule has 0 aliphatic carbocycles. The minimum absolute atomic E-state index is 0. The minimum Gasteiger partial charge on any atom is -1.00 e. The Morgan fingerprint density at radius 2 is 2.00 bits per heavy atom. The fourth-order valence-electron chi connectivity index (χ4n) is 1.55. The van der Waals surface area contributed by atoms with Crippen LogP contribution in [0.2, 0.25) is 0 Å². The summed E-state index contributed by atoms with van der Waals surface area (Å²) in [4.78, 5) is 0. The molecule has 1 aromatic heterocycles. The molecular formula is C12H21IN2. The van der Waals surface area contributed by atoms with Gasteiger partial charge in [0.2, 0.25) is 6.33 Å². The van der Waals surface area contributed by atoms with Gasteiger partial charge in [0.05, 0.1) is 12.7 Å². The van der Waals surface area contributed by atoms with Gasteiger partial charge in [0, 0.05) is 0 Å². The highest BCUT2D eigenvalue weighted by Crippen LogP contribution is 2.01. The minimum atomic E-state index is 0. The Bertz CT molecular complexity index is 268. The van der Waals surface area contributed by atoms with E-state index in [0.717, 1.165) is 6.54 Å². The number of halogens is 1. The molecule has 2 nitrogen and oxygen atoms in total. The maximum absolute atomic E-state index is 3.71. The summed E-state index contributed by atoms with van der Waals surface area (Å²) in [6, 6.07) is 0. The third-order valence-corrected chi connectivity index (χ3v) is 2.44. The molecule has 15 heavy (non-hydrogen) atoms. The molecule has 0 bridgehead atoms. The van der Waals surface area contributed by atoms with E-state index in [1.54, 1.807) is 0 Å². The van der Waals surface area contributed by atoms with Crippen molar-refractivity contribution in [1.82, 2.24) is 4.57 Å². The van der Waals surface area contributed by atoms with Gasteiger partial charge in [-0.1, -0.05) is 32.8 Å². The maximum Gasteiger partial charge on any atom is 0.248 e. The summed E-state index contributed by atoms with van der Waals surface area (Å²) in [5, 5.41) is 0. The van der Waals surface area contributed by atoms with Gasteiger partial charge in [-0.3, -0.25) is 0 Å². The first-order valence-corrected chi connectivity index (χ1v) is 5.56. The third-order valence-electron chi connectivity index (χ3n) is 2.44. The van der Waals surface area contributed by atoms with Crippen molar-refractivity contribution < 1.29 is 28.5 Å². The van der Waals surface area contributed by atoms with Crippen molar-refractivity contribution in [3.8, 4) is 0 Å². The molecule has 0 spiro atoms. The van der Waals surface area contributed by atoms with Crippen molar-refractivity contribution in [2.75, 3.05) is 0 Å². The highest BCUT2D eigenvalue weighted by atomic mass is 127. The second kappa shape index (κ2) is 8.95. The van der Waals surface area contributed by atoms with Crippen LogP contribution in [-0.2, 0) is 6.54 Å². The summed E-state index contributed by atoms with van der Waals surface area (Å²) in [7, 11) is 0. The van der Waals surface area contributed by atoms with Gasteiger partial charge in [-0.2, -0.15) is 0 Å². The van der Waals surface area contributed by atoms with E-state index in [9.17, 15) is 0 Å². The van der Waals surface area contributed by atoms with Gasteiger partial charge < -0.3 is 24.0 Å². The van der Waals surface area contributed by atoms with Gasteiger partial charge in [-0.25, -0.2) is 9.13 Å². The lowest BCUT2D eigenvalue weighted by Gasteiger charge is -1.97. The molecule has 0 saturated carbocycles. The number of hydrogen-bond acceptors (Lipinski definition) is 0. The molecule has 0 aliphatic heterocycles. The Balaban J connectivity index is 0.00000196. The fourth-order valence-corrected chi connectivity index (χ4v) is 1.55. The van der Waals surface area contributed by atoms with E-state index < -0.39 is 0 Å². The molecule has 0 unspecified atom stereocenters. The second-order valence-electron chi connectivity index (χ2n) is 3.70. The molecule has 3 heteroatoms. The van der Waals surface area contributed by atoms with Crippen LogP contribution in [0.4, 0.5) is 0 Å². The summed E-state index contributed by atoms with van der Waals surface area (Å²) in [5.41, 5.74) is 0. The van der Waals surface area contributed by atoms with Crippen molar-refractivity contribution in [2.45, 2.75) is 45.6 Å².